The molecule has 0 radical (unpaired) electrons. The number of carbonyl (C=O) groups is 1. The number of hydrogen-bond donors (Lipinski definition) is 0. The molecule has 0 aromatic heterocycles. The Balaban J connectivity index is 1.96. The summed E-state index contributed by atoms with van der Waals surface area (Å²) in [6.45, 7) is 6.70. The maximum absolute atomic E-state index is 13.1. The van der Waals surface area contributed by atoms with Gasteiger partial charge >= 0.3 is 0 Å². The fourth-order valence-corrected chi connectivity index (χ4v) is 3.71. The quantitative estimate of drug-likeness (QED) is 0.792. The minimum Gasteiger partial charge on any atom is -0.286 e. The molecule has 0 bridgehead atoms. The van der Waals surface area contributed by atoms with Crippen LogP contribution in [0.4, 0.5) is 10.1 Å². The van der Waals surface area contributed by atoms with Crippen molar-refractivity contribution < 1.29 is 9.18 Å². The van der Waals surface area contributed by atoms with Crippen molar-refractivity contribution in [2.75, 3.05) is 6.54 Å². The van der Waals surface area contributed by atoms with Crippen LogP contribution in [0.1, 0.15) is 28.4 Å². The largest absolute Gasteiger partial charge is 0.286 e. The van der Waals surface area contributed by atoms with Crippen LogP contribution in [-0.4, -0.2) is 27.8 Å². The van der Waals surface area contributed by atoms with Gasteiger partial charge in [0, 0.05) is 17.4 Å². The molecule has 0 unspecified atom stereocenters. The molecule has 3 nitrogen and oxygen atoms in total. The summed E-state index contributed by atoms with van der Waals surface area (Å²) in [5, 5.41) is 0.978. The van der Waals surface area contributed by atoms with E-state index in [1.165, 1.54) is 24.3 Å². The number of aliphatic imine (C=N–C) groups is 1. The van der Waals surface area contributed by atoms with Crippen LogP contribution in [0, 0.1) is 19.7 Å². The molecule has 1 fully saturated rings. The number of para-hydroxylation sites is 1. The van der Waals surface area contributed by atoms with Gasteiger partial charge in [-0.25, -0.2) is 9.38 Å². The molecule has 1 aliphatic heterocycles. The fourth-order valence-electron chi connectivity index (χ4n) is 2.70. The van der Waals surface area contributed by atoms with E-state index in [0.29, 0.717) is 17.3 Å². The third kappa shape index (κ3) is 3.36. The van der Waals surface area contributed by atoms with E-state index in [-0.39, 0.29) is 17.0 Å². The Morgan fingerprint density at radius 3 is 2.42 bits per heavy atom. The minimum absolute atomic E-state index is 0.142. The van der Waals surface area contributed by atoms with Gasteiger partial charge in [0.15, 0.2) is 5.17 Å². The molecule has 1 atom stereocenters. The smallest absolute Gasteiger partial charge is 0.259 e. The Bertz CT molecular complexity index is 781. The third-order valence-electron chi connectivity index (χ3n) is 3.96. The van der Waals surface area contributed by atoms with Crippen LogP contribution in [0.25, 0.3) is 0 Å². The number of amidine groups is 1. The van der Waals surface area contributed by atoms with Gasteiger partial charge in [-0.05, 0) is 49.2 Å². The van der Waals surface area contributed by atoms with E-state index in [1.54, 1.807) is 16.7 Å². The van der Waals surface area contributed by atoms with E-state index in [4.69, 9.17) is 4.99 Å². The van der Waals surface area contributed by atoms with Gasteiger partial charge in [0.1, 0.15) is 5.82 Å². The monoisotopic (exact) mass is 342 g/mol. The highest BCUT2D eigenvalue weighted by Crippen LogP contribution is 2.32. The first-order chi connectivity index (χ1) is 11.5. The van der Waals surface area contributed by atoms with Crippen molar-refractivity contribution in [3.8, 4) is 0 Å². The molecule has 0 aliphatic carbocycles. The van der Waals surface area contributed by atoms with Crippen molar-refractivity contribution in [2.24, 2.45) is 4.99 Å². The molecular weight excluding hydrogens is 323 g/mol. The molecule has 2 aromatic carbocycles. The van der Waals surface area contributed by atoms with Crippen molar-refractivity contribution >= 4 is 28.5 Å². The van der Waals surface area contributed by atoms with E-state index < -0.39 is 0 Å². The van der Waals surface area contributed by atoms with Crippen LogP contribution >= 0.6 is 11.8 Å². The maximum Gasteiger partial charge on any atom is 0.259 e. The predicted molar refractivity (Wildman–Crippen MR) is 97.5 cm³/mol. The third-order valence-corrected chi connectivity index (χ3v) is 5.03. The van der Waals surface area contributed by atoms with Crippen LogP contribution in [0.3, 0.4) is 0 Å². The lowest BCUT2D eigenvalue weighted by molar-refractivity contribution is 0.0855. The first-order valence-corrected chi connectivity index (χ1v) is 8.72. The lowest BCUT2D eigenvalue weighted by Gasteiger charge is -2.17. The second-order valence-corrected chi connectivity index (χ2v) is 7.39. The van der Waals surface area contributed by atoms with Crippen LogP contribution in [0.15, 0.2) is 47.5 Å². The zero-order valence-corrected chi connectivity index (χ0v) is 14.7. The Labute approximate surface area is 145 Å². The van der Waals surface area contributed by atoms with Crippen molar-refractivity contribution in [2.45, 2.75) is 26.0 Å². The van der Waals surface area contributed by atoms with Gasteiger partial charge in [-0.3, -0.25) is 9.69 Å². The maximum atomic E-state index is 13.1. The molecule has 1 aliphatic rings. The average Bonchev–Trinajstić information content (AvgIpc) is 2.92. The van der Waals surface area contributed by atoms with Crippen molar-refractivity contribution in [3.63, 3.8) is 0 Å². The van der Waals surface area contributed by atoms with Crippen molar-refractivity contribution in [1.29, 1.82) is 0 Å². The second-order valence-electron chi connectivity index (χ2n) is 5.99. The zero-order chi connectivity index (χ0) is 17.3. The number of thioether (sulfide) groups is 1. The van der Waals surface area contributed by atoms with Crippen molar-refractivity contribution in [3.05, 3.63) is 65.0 Å². The summed E-state index contributed by atoms with van der Waals surface area (Å²) in [6.07, 6.45) is 0. The molecule has 0 spiro atoms. The van der Waals surface area contributed by atoms with Crippen LogP contribution < -0.4 is 0 Å². The molecule has 2 aromatic rings. The second kappa shape index (κ2) is 6.77. The number of amides is 1. The molecule has 1 heterocycles. The van der Waals surface area contributed by atoms with E-state index in [1.807, 2.05) is 32.0 Å². The summed E-state index contributed by atoms with van der Waals surface area (Å²) in [4.78, 5) is 19.2. The average molecular weight is 342 g/mol. The normalized spacial score (nSPS) is 19.1. The SMILES string of the molecule is Cc1cccc(C)c1N=C1S[C@@H](C)CN1C(=O)c1ccc(F)cc1. The first-order valence-electron chi connectivity index (χ1n) is 7.84. The number of nitrogens with zero attached hydrogens (tertiary/aromatic N) is 2. The lowest BCUT2D eigenvalue weighted by atomic mass is 10.1. The van der Waals surface area contributed by atoms with Gasteiger partial charge in [-0.15, -0.1) is 0 Å². The molecule has 5 heteroatoms. The number of rotatable bonds is 2. The molecule has 1 amide bonds. The van der Waals surface area contributed by atoms with E-state index in [2.05, 4.69) is 6.92 Å². The van der Waals surface area contributed by atoms with Gasteiger partial charge in [0.25, 0.3) is 5.91 Å². The molecular formula is C19H19FN2OS. The van der Waals surface area contributed by atoms with E-state index in [9.17, 15) is 9.18 Å². The number of carbonyl (C=O) groups excluding carboxylic acids is 1. The van der Waals surface area contributed by atoms with E-state index in [0.717, 1.165) is 16.8 Å². The Hall–Kier alpha value is -2.14. The van der Waals surface area contributed by atoms with Gasteiger partial charge in [-0.1, -0.05) is 36.9 Å². The highest BCUT2D eigenvalue weighted by Gasteiger charge is 2.31. The van der Waals surface area contributed by atoms with E-state index >= 15 is 0 Å². The van der Waals surface area contributed by atoms with Crippen LogP contribution in [-0.2, 0) is 0 Å². The fraction of sp³-hybridized carbons (Fsp3) is 0.263. The lowest BCUT2D eigenvalue weighted by Crippen LogP contribution is -2.32. The topological polar surface area (TPSA) is 32.7 Å². The number of halogens is 1. The Morgan fingerprint density at radius 1 is 1.17 bits per heavy atom. The molecule has 124 valence electrons. The Kier molecular flexibility index (Phi) is 4.71. The zero-order valence-electron chi connectivity index (χ0n) is 13.9. The standard InChI is InChI=1S/C19H19FN2OS/c1-12-5-4-6-13(2)17(12)21-19-22(11-14(3)24-19)18(23)15-7-9-16(20)10-8-15/h4-10,14H,11H2,1-3H3/t14-/m0/s1. The summed E-state index contributed by atoms with van der Waals surface area (Å²) in [6, 6.07) is 11.7. The minimum atomic E-state index is -0.347. The highest BCUT2D eigenvalue weighted by atomic mass is 32.2. The van der Waals surface area contributed by atoms with Gasteiger partial charge in [0.2, 0.25) is 0 Å². The predicted octanol–water partition coefficient (Wildman–Crippen LogP) is 4.71. The molecule has 1 saturated heterocycles. The highest BCUT2D eigenvalue weighted by molar-refractivity contribution is 8.14. The first kappa shape index (κ1) is 16.7. The Morgan fingerprint density at radius 2 is 1.79 bits per heavy atom. The van der Waals surface area contributed by atoms with Crippen LogP contribution in [0.2, 0.25) is 0 Å². The number of hydrogen-bond acceptors (Lipinski definition) is 3. The summed E-state index contributed by atoms with van der Waals surface area (Å²) in [5.41, 5.74) is 3.54. The van der Waals surface area contributed by atoms with Gasteiger partial charge in [0.05, 0.1) is 5.69 Å². The molecule has 3 rings (SSSR count). The molecule has 0 N–H and O–H groups in total. The summed E-state index contributed by atoms with van der Waals surface area (Å²) in [7, 11) is 0. The van der Waals surface area contributed by atoms with Crippen LogP contribution in [0.5, 0.6) is 0 Å². The summed E-state index contributed by atoms with van der Waals surface area (Å²) in [5.74, 6) is -0.489. The summed E-state index contributed by atoms with van der Waals surface area (Å²) >= 11 is 1.59. The number of benzene rings is 2. The van der Waals surface area contributed by atoms with Crippen molar-refractivity contribution in [1.82, 2.24) is 4.90 Å². The molecule has 24 heavy (non-hydrogen) atoms. The van der Waals surface area contributed by atoms with Gasteiger partial charge < -0.3 is 0 Å². The van der Waals surface area contributed by atoms with Gasteiger partial charge in [-0.2, -0.15) is 0 Å². The molecule has 0 saturated carbocycles. The number of aryl methyl sites for hydroxylation is 2. The summed E-state index contributed by atoms with van der Waals surface area (Å²) < 4.78 is 13.1.